The molecule has 1 aromatic rings. The summed E-state index contributed by atoms with van der Waals surface area (Å²) in [7, 11) is 1.68. The second kappa shape index (κ2) is 5.25. The average molecular weight is 277 g/mol. The van der Waals surface area contributed by atoms with E-state index in [1.165, 1.54) is 0 Å². The van der Waals surface area contributed by atoms with Crippen LogP contribution in [0.4, 0.5) is 0 Å². The van der Waals surface area contributed by atoms with Gasteiger partial charge in [-0.1, -0.05) is 18.2 Å². The Labute approximate surface area is 105 Å². The van der Waals surface area contributed by atoms with Crippen LogP contribution in [0.2, 0.25) is 0 Å². The Morgan fingerprint density at radius 1 is 1.41 bits per heavy atom. The molecule has 1 unspecified atom stereocenters. The summed E-state index contributed by atoms with van der Waals surface area (Å²) in [6, 6.07) is 7.01. The lowest BCUT2D eigenvalue weighted by atomic mass is 10.2. The number of halogens is 1. The van der Waals surface area contributed by atoms with Gasteiger partial charge in [-0.25, -0.2) is 8.42 Å². The summed E-state index contributed by atoms with van der Waals surface area (Å²) in [6.07, 6.45) is 0.816. The highest BCUT2D eigenvalue weighted by Gasteiger charge is 2.19. The van der Waals surface area contributed by atoms with Crippen molar-refractivity contribution in [1.29, 1.82) is 0 Å². The van der Waals surface area contributed by atoms with Crippen molar-refractivity contribution in [3.63, 3.8) is 0 Å². The third-order valence-electron chi connectivity index (χ3n) is 2.48. The Morgan fingerprint density at radius 3 is 2.82 bits per heavy atom. The van der Waals surface area contributed by atoms with E-state index in [1.54, 1.807) is 24.3 Å². The van der Waals surface area contributed by atoms with Gasteiger partial charge in [0.2, 0.25) is 9.05 Å². The Bertz CT molecular complexity index is 480. The lowest BCUT2D eigenvalue weighted by Gasteiger charge is -2.14. The monoisotopic (exact) mass is 276 g/mol. The van der Waals surface area contributed by atoms with E-state index in [0.29, 0.717) is 24.5 Å². The van der Waals surface area contributed by atoms with Gasteiger partial charge in [0.1, 0.15) is 11.9 Å². The van der Waals surface area contributed by atoms with Gasteiger partial charge in [-0.2, -0.15) is 0 Å². The van der Waals surface area contributed by atoms with Crippen molar-refractivity contribution in [1.82, 2.24) is 0 Å². The molecule has 0 N–H and O–H groups in total. The second-order valence-electron chi connectivity index (χ2n) is 3.89. The lowest BCUT2D eigenvalue weighted by molar-refractivity contribution is 0.141. The molecule has 0 aromatic heterocycles. The topological polar surface area (TPSA) is 52.6 Å². The molecule has 17 heavy (non-hydrogen) atoms. The molecule has 0 aliphatic carbocycles. The van der Waals surface area contributed by atoms with Gasteiger partial charge in [0.25, 0.3) is 0 Å². The maximum absolute atomic E-state index is 11.1. The van der Waals surface area contributed by atoms with Gasteiger partial charge in [0.05, 0.1) is 19.0 Å². The van der Waals surface area contributed by atoms with E-state index in [0.717, 1.165) is 6.42 Å². The van der Waals surface area contributed by atoms with Gasteiger partial charge < -0.3 is 9.47 Å². The number of benzene rings is 1. The highest BCUT2D eigenvalue weighted by Crippen LogP contribution is 2.24. The molecule has 2 rings (SSSR count). The molecule has 1 aliphatic heterocycles. The summed E-state index contributed by atoms with van der Waals surface area (Å²) >= 11 is 0. The molecule has 1 aromatic carbocycles. The maximum atomic E-state index is 11.1. The first-order valence-corrected chi connectivity index (χ1v) is 7.77. The number of ether oxygens (including phenoxy) is 2. The Hall–Kier alpha value is -0.780. The zero-order chi connectivity index (χ0) is 12.3. The first kappa shape index (κ1) is 12.7. The zero-order valence-electron chi connectivity index (χ0n) is 9.13. The average Bonchev–Trinajstić information content (AvgIpc) is 2.71. The van der Waals surface area contributed by atoms with Crippen molar-refractivity contribution in [3.8, 4) is 5.75 Å². The Kier molecular flexibility index (Phi) is 3.91. The van der Waals surface area contributed by atoms with E-state index < -0.39 is 9.05 Å². The van der Waals surface area contributed by atoms with Crippen LogP contribution < -0.4 is 4.74 Å². The van der Waals surface area contributed by atoms with Gasteiger partial charge >= 0.3 is 0 Å². The minimum absolute atomic E-state index is 0.00539. The van der Waals surface area contributed by atoms with Crippen LogP contribution in [0.15, 0.2) is 24.3 Å². The summed E-state index contributed by atoms with van der Waals surface area (Å²) < 4.78 is 33.1. The molecule has 6 heteroatoms. The second-order valence-corrected chi connectivity index (χ2v) is 6.67. The summed E-state index contributed by atoms with van der Waals surface area (Å²) in [4.78, 5) is 0. The van der Waals surface area contributed by atoms with Crippen LogP contribution in [0.25, 0.3) is 0 Å². The number of para-hydroxylation sites is 1. The normalized spacial score (nSPS) is 20.4. The lowest BCUT2D eigenvalue weighted by Crippen LogP contribution is -2.16. The Balaban J connectivity index is 2.15. The predicted molar refractivity (Wildman–Crippen MR) is 64.8 cm³/mol. The molecule has 94 valence electrons. The quantitative estimate of drug-likeness (QED) is 0.789. The minimum atomic E-state index is -3.57. The summed E-state index contributed by atoms with van der Waals surface area (Å²) in [5.74, 6) is 0.338. The molecule has 0 radical (unpaired) electrons. The van der Waals surface area contributed by atoms with Gasteiger partial charge in [-0.15, -0.1) is 0 Å². The molecule has 0 bridgehead atoms. The molecule has 1 atom stereocenters. The van der Waals surface area contributed by atoms with E-state index in [1.807, 2.05) is 0 Å². The molecule has 1 saturated heterocycles. The van der Waals surface area contributed by atoms with Gasteiger partial charge in [0.15, 0.2) is 0 Å². The SMILES string of the molecule is O=S(=O)(Cl)Cc1ccccc1OC1CCOC1. The first-order chi connectivity index (χ1) is 8.04. The van der Waals surface area contributed by atoms with Crippen LogP contribution in [-0.4, -0.2) is 27.7 Å². The fourth-order valence-corrected chi connectivity index (χ4v) is 2.67. The molecule has 4 nitrogen and oxygen atoms in total. The molecule has 1 heterocycles. The van der Waals surface area contributed by atoms with Crippen molar-refractivity contribution in [2.24, 2.45) is 0 Å². The fraction of sp³-hybridized carbons (Fsp3) is 0.455. The molecule has 1 aliphatic rings. The van der Waals surface area contributed by atoms with E-state index in [2.05, 4.69) is 0 Å². The molecular weight excluding hydrogens is 264 g/mol. The van der Waals surface area contributed by atoms with Gasteiger partial charge in [-0.05, 0) is 6.07 Å². The van der Waals surface area contributed by atoms with Crippen molar-refractivity contribution < 1.29 is 17.9 Å². The van der Waals surface area contributed by atoms with Crippen LogP contribution >= 0.6 is 10.7 Å². The van der Waals surface area contributed by atoms with Crippen molar-refractivity contribution >= 4 is 19.7 Å². The molecule has 0 saturated carbocycles. The molecule has 0 spiro atoms. The van der Waals surface area contributed by atoms with Crippen molar-refractivity contribution in [2.75, 3.05) is 13.2 Å². The van der Waals surface area contributed by atoms with E-state index in [9.17, 15) is 8.42 Å². The summed E-state index contributed by atoms with van der Waals surface area (Å²) in [6.45, 7) is 1.22. The maximum Gasteiger partial charge on any atom is 0.236 e. The third kappa shape index (κ3) is 3.87. The first-order valence-electron chi connectivity index (χ1n) is 5.29. The predicted octanol–water partition coefficient (Wildman–Crippen LogP) is 1.92. The zero-order valence-corrected chi connectivity index (χ0v) is 10.7. The van der Waals surface area contributed by atoms with Crippen LogP contribution in [0.5, 0.6) is 5.75 Å². The van der Waals surface area contributed by atoms with Gasteiger partial charge in [-0.3, -0.25) is 0 Å². The summed E-state index contributed by atoms with van der Waals surface area (Å²) in [5, 5.41) is 0. The number of hydrogen-bond acceptors (Lipinski definition) is 4. The highest BCUT2D eigenvalue weighted by molar-refractivity contribution is 8.13. The summed E-state index contributed by atoms with van der Waals surface area (Å²) in [5.41, 5.74) is 0.578. The van der Waals surface area contributed by atoms with Gasteiger partial charge in [0, 0.05) is 22.7 Å². The van der Waals surface area contributed by atoms with E-state index in [-0.39, 0.29) is 11.9 Å². The molecular formula is C11H13ClO4S. The van der Waals surface area contributed by atoms with E-state index in [4.69, 9.17) is 20.2 Å². The van der Waals surface area contributed by atoms with Crippen molar-refractivity contribution in [2.45, 2.75) is 18.3 Å². The Morgan fingerprint density at radius 2 is 2.18 bits per heavy atom. The highest BCUT2D eigenvalue weighted by atomic mass is 35.7. The van der Waals surface area contributed by atoms with Crippen LogP contribution in [0.1, 0.15) is 12.0 Å². The third-order valence-corrected chi connectivity index (χ3v) is 3.47. The fourth-order valence-electron chi connectivity index (χ4n) is 1.71. The van der Waals surface area contributed by atoms with Crippen LogP contribution in [0.3, 0.4) is 0 Å². The standard InChI is InChI=1S/C11H13ClO4S/c12-17(13,14)8-9-3-1-2-4-11(9)16-10-5-6-15-7-10/h1-4,10H,5-8H2. The number of hydrogen-bond donors (Lipinski definition) is 0. The van der Waals surface area contributed by atoms with E-state index >= 15 is 0 Å². The molecule has 1 fully saturated rings. The molecule has 0 amide bonds. The largest absolute Gasteiger partial charge is 0.488 e. The van der Waals surface area contributed by atoms with Crippen LogP contribution in [0, 0.1) is 0 Å². The van der Waals surface area contributed by atoms with Crippen LogP contribution in [-0.2, 0) is 19.5 Å². The number of rotatable bonds is 4. The van der Waals surface area contributed by atoms with Crippen molar-refractivity contribution in [3.05, 3.63) is 29.8 Å². The minimum Gasteiger partial charge on any atom is -0.488 e. The smallest absolute Gasteiger partial charge is 0.236 e.